The van der Waals surface area contributed by atoms with E-state index in [1.807, 2.05) is 12.1 Å². The topological polar surface area (TPSA) is 12.5 Å². The van der Waals surface area contributed by atoms with Crippen molar-refractivity contribution in [3.05, 3.63) is 29.3 Å². The van der Waals surface area contributed by atoms with E-state index in [9.17, 15) is 4.39 Å². The van der Waals surface area contributed by atoms with Crippen LogP contribution in [-0.4, -0.2) is 30.4 Å². The zero-order valence-electron chi connectivity index (χ0n) is 10.6. The Hall–Kier alpha value is -0.800. The van der Waals surface area contributed by atoms with E-state index in [2.05, 4.69) is 4.90 Å². The van der Waals surface area contributed by atoms with E-state index in [0.29, 0.717) is 10.8 Å². The van der Waals surface area contributed by atoms with Crippen LogP contribution in [0.4, 0.5) is 4.39 Å². The van der Waals surface area contributed by atoms with Gasteiger partial charge in [0.15, 0.2) is 6.23 Å². The number of benzene rings is 1. The van der Waals surface area contributed by atoms with E-state index in [1.54, 1.807) is 19.1 Å². The van der Waals surface area contributed by atoms with Gasteiger partial charge < -0.3 is 4.74 Å². The normalized spacial score (nSPS) is 20.4. The molecule has 1 saturated heterocycles. The maximum atomic E-state index is 13.7. The van der Waals surface area contributed by atoms with Gasteiger partial charge in [-0.25, -0.2) is 4.39 Å². The Kier molecular flexibility index (Phi) is 4.84. The summed E-state index contributed by atoms with van der Waals surface area (Å²) >= 11 is 5.91. The summed E-state index contributed by atoms with van der Waals surface area (Å²) in [6.07, 6.45) is 1.91. The fourth-order valence-corrected chi connectivity index (χ4v) is 2.49. The fourth-order valence-electron chi connectivity index (χ4n) is 2.31. The number of piperidine rings is 1. The van der Waals surface area contributed by atoms with Gasteiger partial charge in [-0.1, -0.05) is 24.1 Å². The molecule has 100 valence electrons. The third-order valence-corrected chi connectivity index (χ3v) is 3.43. The van der Waals surface area contributed by atoms with Gasteiger partial charge in [-0.05, 0) is 38.0 Å². The van der Waals surface area contributed by atoms with Crippen LogP contribution in [0.3, 0.4) is 0 Å². The summed E-state index contributed by atoms with van der Waals surface area (Å²) in [4.78, 5) is 2.08. The Morgan fingerprint density at radius 1 is 1.28 bits per heavy atom. The molecule has 1 aromatic carbocycles. The first-order valence-electron chi connectivity index (χ1n) is 6.47. The van der Waals surface area contributed by atoms with E-state index >= 15 is 0 Å². The lowest BCUT2D eigenvalue weighted by Crippen LogP contribution is -2.47. The van der Waals surface area contributed by atoms with Crippen LogP contribution in [-0.2, 0) is 0 Å². The summed E-state index contributed by atoms with van der Waals surface area (Å²) in [5.41, 5.74) is 0. The minimum Gasteiger partial charge on any atom is -0.472 e. The molecule has 2 atom stereocenters. The number of ether oxygens (including phenoxy) is 1. The molecule has 18 heavy (non-hydrogen) atoms. The van der Waals surface area contributed by atoms with Gasteiger partial charge in [0.05, 0.1) is 0 Å². The zero-order valence-corrected chi connectivity index (χ0v) is 11.4. The maximum Gasteiger partial charge on any atom is 0.183 e. The summed E-state index contributed by atoms with van der Waals surface area (Å²) in [6, 6.07) is 7.13. The fraction of sp³-hybridized carbons (Fsp3) is 0.571. The third-order valence-electron chi connectivity index (χ3n) is 3.20. The molecule has 1 aliphatic heterocycles. The zero-order chi connectivity index (χ0) is 13.0. The van der Waals surface area contributed by atoms with Gasteiger partial charge in [-0.3, -0.25) is 4.90 Å². The summed E-state index contributed by atoms with van der Waals surface area (Å²) in [7, 11) is 0. The van der Waals surface area contributed by atoms with Crippen LogP contribution in [0.2, 0.25) is 5.02 Å². The second kappa shape index (κ2) is 6.39. The predicted molar refractivity (Wildman–Crippen MR) is 71.9 cm³/mol. The lowest BCUT2D eigenvalue weighted by molar-refractivity contribution is -0.0356. The van der Waals surface area contributed by atoms with Crippen molar-refractivity contribution in [2.45, 2.75) is 38.6 Å². The standard InChI is InChI=1S/C14H19ClFNO/c1-11(16)14(17-8-3-2-4-9-17)18-13-7-5-6-12(15)10-13/h5-7,10-11,14H,2-4,8-9H2,1H3. The Morgan fingerprint density at radius 2 is 2.00 bits per heavy atom. The van der Waals surface area contributed by atoms with Crippen LogP contribution in [0.15, 0.2) is 24.3 Å². The highest BCUT2D eigenvalue weighted by Crippen LogP contribution is 2.23. The molecular formula is C14H19ClFNO. The van der Waals surface area contributed by atoms with Gasteiger partial charge in [0.1, 0.15) is 11.9 Å². The number of nitrogens with zero attached hydrogens (tertiary/aromatic N) is 1. The summed E-state index contributed by atoms with van der Waals surface area (Å²) in [5, 5.41) is 0.608. The SMILES string of the molecule is CC(F)C(Oc1cccc(Cl)c1)N1CCCCC1. The summed E-state index contributed by atoms with van der Waals surface area (Å²) < 4.78 is 19.5. The lowest BCUT2D eigenvalue weighted by atomic mass is 10.1. The largest absolute Gasteiger partial charge is 0.472 e. The molecule has 1 aromatic rings. The smallest absolute Gasteiger partial charge is 0.183 e. The number of alkyl halides is 1. The van der Waals surface area contributed by atoms with Gasteiger partial charge >= 0.3 is 0 Å². The Labute approximate surface area is 113 Å². The first-order valence-corrected chi connectivity index (χ1v) is 6.85. The van der Waals surface area contributed by atoms with Crippen molar-refractivity contribution in [1.29, 1.82) is 0 Å². The molecule has 1 fully saturated rings. The first kappa shape index (κ1) is 13.6. The molecule has 2 nitrogen and oxygen atoms in total. The van der Waals surface area contributed by atoms with Gasteiger partial charge in [0.25, 0.3) is 0 Å². The molecule has 0 saturated carbocycles. The van der Waals surface area contributed by atoms with E-state index in [-0.39, 0.29) is 0 Å². The number of rotatable bonds is 4. The average Bonchev–Trinajstić information content (AvgIpc) is 2.37. The van der Waals surface area contributed by atoms with Crippen LogP contribution in [0.25, 0.3) is 0 Å². The maximum absolute atomic E-state index is 13.7. The van der Waals surface area contributed by atoms with E-state index in [1.165, 1.54) is 6.42 Å². The number of likely N-dealkylation sites (tertiary alicyclic amines) is 1. The Balaban J connectivity index is 2.05. The van der Waals surface area contributed by atoms with Crippen molar-refractivity contribution in [3.8, 4) is 5.75 Å². The Bertz CT molecular complexity index is 380. The summed E-state index contributed by atoms with van der Waals surface area (Å²) in [6.45, 7) is 3.35. The molecule has 0 N–H and O–H groups in total. The highest BCUT2D eigenvalue weighted by atomic mass is 35.5. The molecule has 0 aromatic heterocycles. The molecule has 2 rings (SSSR count). The molecule has 1 aliphatic rings. The highest BCUT2D eigenvalue weighted by Gasteiger charge is 2.27. The molecule has 0 spiro atoms. The van der Waals surface area contributed by atoms with Crippen LogP contribution in [0.1, 0.15) is 26.2 Å². The third kappa shape index (κ3) is 3.59. The average molecular weight is 272 g/mol. The van der Waals surface area contributed by atoms with Gasteiger partial charge in [-0.2, -0.15) is 0 Å². The van der Waals surface area contributed by atoms with E-state index in [0.717, 1.165) is 25.9 Å². The molecule has 4 heteroatoms. The molecule has 0 aliphatic carbocycles. The van der Waals surface area contributed by atoms with Crippen molar-refractivity contribution < 1.29 is 9.13 Å². The van der Waals surface area contributed by atoms with Crippen molar-refractivity contribution in [2.75, 3.05) is 13.1 Å². The molecule has 2 unspecified atom stereocenters. The molecule has 0 radical (unpaired) electrons. The minimum atomic E-state index is -1.03. The van der Waals surface area contributed by atoms with Crippen LogP contribution in [0.5, 0.6) is 5.75 Å². The first-order chi connectivity index (χ1) is 8.66. The van der Waals surface area contributed by atoms with E-state index < -0.39 is 12.4 Å². The quantitative estimate of drug-likeness (QED) is 0.824. The number of halogens is 2. The predicted octanol–water partition coefficient (Wildman–Crippen LogP) is 3.89. The lowest BCUT2D eigenvalue weighted by Gasteiger charge is -2.35. The van der Waals surface area contributed by atoms with Gasteiger partial charge in [-0.15, -0.1) is 0 Å². The molecular weight excluding hydrogens is 253 g/mol. The van der Waals surface area contributed by atoms with Crippen LogP contribution >= 0.6 is 11.6 Å². The molecule has 0 amide bonds. The van der Waals surface area contributed by atoms with Crippen LogP contribution < -0.4 is 4.74 Å². The highest BCUT2D eigenvalue weighted by molar-refractivity contribution is 6.30. The number of hydrogen-bond acceptors (Lipinski definition) is 2. The molecule has 1 heterocycles. The second-order valence-corrected chi connectivity index (χ2v) is 5.18. The monoisotopic (exact) mass is 271 g/mol. The van der Waals surface area contributed by atoms with Crippen molar-refractivity contribution >= 4 is 11.6 Å². The second-order valence-electron chi connectivity index (χ2n) is 4.74. The molecule has 0 bridgehead atoms. The van der Waals surface area contributed by atoms with Gasteiger partial charge in [0, 0.05) is 18.1 Å². The summed E-state index contributed by atoms with van der Waals surface area (Å²) in [5.74, 6) is 0.627. The van der Waals surface area contributed by atoms with Crippen molar-refractivity contribution in [3.63, 3.8) is 0 Å². The number of hydrogen-bond donors (Lipinski definition) is 0. The van der Waals surface area contributed by atoms with E-state index in [4.69, 9.17) is 16.3 Å². The van der Waals surface area contributed by atoms with Crippen LogP contribution in [0, 0.1) is 0 Å². The Morgan fingerprint density at radius 3 is 2.61 bits per heavy atom. The van der Waals surface area contributed by atoms with Crippen molar-refractivity contribution in [1.82, 2.24) is 4.90 Å². The van der Waals surface area contributed by atoms with Gasteiger partial charge in [0.2, 0.25) is 0 Å². The van der Waals surface area contributed by atoms with Crippen molar-refractivity contribution in [2.24, 2.45) is 0 Å². The minimum absolute atomic E-state index is 0.510.